The number of benzene rings is 3. The van der Waals surface area contributed by atoms with Crippen molar-refractivity contribution in [3.63, 3.8) is 0 Å². The van der Waals surface area contributed by atoms with E-state index in [1.807, 2.05) is 59.3 Å². The maximum absolute atomic E-state index is 13.6. The molecule has 41 heavy (non-hydrogen) atoms. The SMILES string of the molecule is COc1ccc2cc([C@@H](c3nnnn3CCc3ccccc3)N3CCN(c4cc(Cl)ccc4C)CC3)c(=O)[nH]c2c1. The van der Waals surface area contributed by atoms with Gasteiger partial charge in [-0.05, 0) is 70.6 Å². The topological polar surface area (TPSA) is 92.2 Å². The zero-order valence-corrected chi connectivity index (χ0v) is 23.9. The van der Waals surface area contributed by atoms with Crippen molar-refractivity contribution in [2.75, 3.05) is 38.2 Å². The zero-order valence-electron chi connectivity index (χ0n) is 23.1. The molecule has 0 bridgehead atoms. The minimum absolute atomic E-state index is 0.165. The third-order valence-electron chi connectivity index (χ3n) is 7.83. The number of methoxy groups -OCH3 is 1. The van der Waals surface area contributed by atoms with Crippen LogP contribution in [0.1, 0.15) is 28.6 Å². The fourth-order valence-corrected chi connectivity index (χ4v) is 5.78. The van der Waals surface area contributed by atoms with Gasteiger partial charge in [0.05, 0.1) is 12.6 Å². The van der Waals surface area contributed by atoms with E-state index in [1.54, 1.807) is 7.11 Å². The van der Waals surface area contributed by atoms with Crippen LogP contribution in [0.4, 0.5) is 5.69 Å². The van der Waals surface area contributed by atoms with E-state index in [4.69, 9.17) is 16.3 Å². The number of piperazine rings is 1. The van der Waals surface area contributed by atoms with E-state index in [-0.39, 0.29) is 5.56 Å². The molecule has 10 heteroatoms. The number of hydrogen-bond donors (Lipinski definition) is 1. The maximum atomic E-state index is 13.6. The molecular formula is C31H32ClN7O2. The summed E-state index contributed by atoms with van der Waals surface area (Å²) < 4.78 is 7.20. The summed E-state index contributed by atoms with van der Waals surface area (Å²) in [4.78, 5) is 21.4. The number of nitrogens with one attached hydrogen (secondary N) is 1. The molecule has 0 amide bonds. The summed E-state index contributed by atoms with van der Waals surface area (Å²) in [6.07, 6.45) is 0.779. The van der Waals surface area contributed by atoms with E-state index in [9.17, 15) is 4.79 Å². The number of fused-ring (bicyclic) bond motifs is 1. The largest absolute Gasteiger partial charge is 0.497 e. The van der Waals surface area contributed by atoms with E-state index in [2.05, 4.69) is 55.4 Å². The Bertz CT molecular complexity index is 1710. The average molecular weight is 570 g/mol. The van der Waals surface area contributed by atoms with Gasteiger partial charge in [-0.3, -0.25) is 9.69 Å². The first kappa shape index (κ1) is 27.0. The third kappa shape index (κ3) is 5.68. The van der Waals surface area contributed by atoms with Crippen LogP contribution in [0.2, 0.25) is 5.02 Å². The smallest absolute Gasteiger partial charge is 0.253 e. The Kier molecular flexibility index (Phi) is 7.71. The first-order chi connectivity index (χ1) is 20.0. The number of ether oxygens (including phenoxy) is 1. The normalized spacial score (nSPS) is 14.9. The number of nitrogens with zero attached hydrogens (tertiary/aromatic N) is 6. The van der Waals surface area contributed by atoms with Gasteiger partial charge in [0, 0.05) is 55.1 Å². The lowest BCUT2D eigenvalue weighted by atomic mass is 10.0. The van der Waals surface area contributed by atoms with Gasteiger partial charge in [-0.25, -0.2) is 4.68 Å². The molecule has 0 aliphatic carbocycles. The Morgan fingerprint density at radius 3 is 2.59 bits per heavy atom. The van der Waals surface area contributed by atoms with Gasteiger partial charge in [-0.15, -0.1) is 5.10 Å². The van der Waals surface area contributed by atoms with Crippen LogP contribution in [0, 0.1) is 6.92 Å². The number of rotatable bonds is 8. The fourth-order valence-electron chi connectivity index (χ4n) is 5.62. The highest BCUT2D eigenvalue weighted by Gasteiger charge is 2.33. The number of aryl methyl sites for hydroxylation is 3. The molecule has 1 aliphatic heterocycles. The van der Waals surface area contributed by atoms with Crippen molar-refractivity contribution in [3.05, 3.63) is 111 Å². The fraction of sp³-hybridized carbons (Fsp3) is 0.290. The van der Waals surface area contributed by atoms with Crippen LogP contribution < -0.4 is 15.2 Å². The molecule has 5 aromatic rings. The number of aromatic nitrogens is 5. The number of H-pyrrole nitrogens is 1. The molecule has 0 unspecified atom stereocenters. The summed E-state index contributed by atoms with van der Waals surface area (Å²) in [7, 11) is 1.61. The number of hydrogen-bond acceptors (Lipinski definition) is 7. The Morgan fingerprint density at radius 1 is 1.00 bits per heavy atom. The first-order valence-corrected chi connectivity index (χ1v) is 14.1. The summed E-state index contributed by atoms with van der Waals surface area (Å²) in [6.45, 7) is 5.72. The molecule has 1 fully saturated rings. The highest BCUT2D eigenvalue weighted by molar-refractivity contribution is 6.30. The monoisotopic (exact) mass is 569 g/mol. The second-order valence-electron chi connectivity index (χ2n) is 10.4. The Labute approximate surface area is 243 Å². The van der Waals surface area contributed by atoms with Crippen molar-refractivity contribution in [2.24, 2.45) is 0 Å². The molecule has 6 rings (SSSR count). The molecule has 0 radical (unpaired) electrons. The highest BCUT2D eigenvalue weighted by Crippen LogP contribution is 2.31. The molecule has 0 saturated carbocycles. The lowest BCUT2D eigenvalue weighted by Gasteiger charge is -2.40. The number of anilines is 1. The van der Waals surface area contributed by atoms with Crippen molar-refractivity contribution in [2.45, 2.75) is 25.9 Å². The molecule has 1 atom stereocenters. The molecule has 9 nitrogen and oxygen atoms in total. The van der Waals surface area contributed by atoms with Crippen molar-refractivity contribution >= 4 is 28.2 Å². The van der Waals surface area contributed by atoms with Gasteiger partial charge in [0.25, 0.3) is 5.56 Å². The first-order valence-electron chi connectivity index (χ1n) is 13.8. The molecule has 3 aromatic carbocycles. The summed E-state index contributed by atoms with van der Waals surface area (Å²) in [5.74, 6) is 1.35. The van der Waals surface area contributed by atoms with Crippen LogP contribution in [-0.2, 0) is 13.0 Å². The molecule has 1 saturated heterocycles. The second-order valence-corrected chi connectivity index (χ2v) is 10.8. The minimum Gasteiger partial charge on any atom is -0.497 e. The van der Waals surface area contributed by atoms with Gasteiger partial charge in [0.15, 0.2) is 5.82 Å². The van der Waals surface area contributed by atoms with E-state index in [0.29, 0.717) is 23.7 Å². The Morgan fingerprint density at radius 2 is 1.80 bits per heavy atom. The molecule has 1 aliphatic rings. The van der Waals surface area contributed by atoms with Gasteiger partial charge in [-0.2, -0.15) is 0 Å². The van der Waals surface area contributed by atoms with Crippen molar-refractivity contribution in [1.82, 2.24) is 30.1 Å². The number of aromatic amines is 1. The van der Waals surface area contributed by atoms with E-state index >= 15 is 0 Å². The van der Waals surface area contributed by atoms with Gasteiger partial charge in [0.1, 0.15) is 11.8 Å². The highest BCUT2D eigenvalue weighted by atomic mass is 35.5. The summed E-state index contributed by atoms with van der Waals surface area (Å²) in [5, 5.41) is 14.5. The van der Waals surface area contributed by atoms with Crippen LogP contribution in [0.5, 0.6) is 5.75 Å². The molecule has 1 N–H and O–H groups in total. The van der Waals surface area contributed by atoms with Crippen LogP contribution >= 0.6 is 11.6 Å². The van der Waals surface area contributed by atoms with E-state index in [0.717, 1.165) is 54.2 Å². The van der Waals surface area contributed by atoms with Crippen LogP contribution in [0.15, 0.2) is 77.6 Å². The third-order valence-corrected chi connectivity index (χ3v) is 8.06. The molecule has 2 aromatic heterocycles. The number of tetrazole rings is 1. The summed E-state index contributed by atoms with van der Waals surface area (Å²) in [6, 6.07) is 23.5. The van der Waals surface area contributed by atoms with Crippen molar-refractivity contribution in [1.29, 1.82) is 0 Å². The van der Waals surface area contributed by atoms with Gasteiger partial charge in [-0.1, -0.05) is 48.0 Å². The molecular weight excluding hydrogens is 538 g/mol. The predicted octanol–water partition coefficient (Wildman–Crippen LogP) is 4.64. The predicted molar refractivity (Wildman–Crippen MR) is 161 cm³/mol. The number of pyridine rings is 1. The lowest BCUT2D eigenvalue weighted by Crippen LogP contribution is -2.49. The molecule has 0 spiro atoms. The maximum Gasteiger partial charge on any atom is 0.253 e. The average Bonchev–Trinajstić information content (AvgIpc) is 3.46. The summed E-state index contributed by atoms with van der Waals surface area (Å²) >= 11 is 6.33. The Hall–Kier alpha value is -4.21. The van der Waals surface area contributed by atoms with E-state index < -0.39 is 6.04 Å². The van der Waals surface area contributed by atoms with Crippen LogP contribution in [0.25, 0.3) is 10.9 Å². The van der Waals surface area contributed by atoms with Gasteiger partial charge in [0.2, 0.25) is 0 Å². The van der Waals surface area contributed by atoms with E-state index in [1.165, 1.54) is 11.1 Å². The number of halogens is 1. The van der Waals surface area contributed by atoms with Gasteiger partial charge >= 0.3 is 0 Å². The minimum atomic E-state index is -0.418. The molecule has 210 valence electrons. The van der Waals surface area contributed by atoms with Gasteiger partial charge < -0.3 is 14.6 Å². The van der Waals surface area contributed by atoms with Crippen LogP contribution in [-0.4, -0.2) is 63.4 Å². The zero-order chi connectivity index (χ0) is 28.3. The van der Waals surface area contributed by atoms with Crippen LogP contribution in [0.3, 0.4) is 0 Å². The van der Waals surface area contributed by atoms with Crippen molar-refractivity contribution in [3.8, 4) is 5.75 Å². The molecule has 3 heterocycles. The standard InChI is InChI=1S/C31H32ClN7O2/c1-21-8-10-24(32)19-28(21)37-14-16-38(17-15-37)29(26-18-23-9-11-25(41-2)20-27(23)33-31(26)40)30-34-35-36-39(30)13-12-22-6-4-3-5-7-22/h3-11,18-20,29H,12-17H2,1-2H3,(H,33,40)/t29-/m0/s1. The Balaban J connectivity index is 1.35. The summed E-state index contributed by atoms with van der Waals surface area (Å²) in [5.41, 5.74) is 4.70. The van der Waals surface area contributed by atoms with Crippen molar-refractivity contribution < 1.29 is 4.74 Å². The lowest BCUT2D eigenvalue weighted by molar-refractivity contribution is 0.199. The quantitative estimate of drug-likeness (QED) is 0.291. The second kappa shape index (κ2) is 11.7.